The maximum Gasteiger partial charge on any atom is 0.255 e. The Kier molecular flexibility index (Phi) is 3.42. The van der Waals surface area contributed by atoms with Crippen LogP contribution in [0.25, 0.3) is 0 Å². The van der Waals surface area contributed by atoms with E-state index in [1.165, 1.54) is 0 Å². The molecule has 2 aliphatic rings. The highest BCUT2D eigenvalue weighted by Gasteiger charge is 2.39. The van der Waals surface area contributed by atoms with Crippen LogP contribution < -0.4 is 0 Å². The van der Waals surface area contributed by atoms with E-state index in [1.807, 2.05) is 12.1 Å². The van der Waals surface area contributed by atoms with Gasteiger partial charge in [0.2, 0.25) is 0 Å². The van der Waals surface area contributed by atoms with Crippen LogP contribution >= 0.6 is 0 Å². The molecule has 1 saturated carbocycles. The van der Waals surface area contributed by atoms with Crippen LogP contribution in [-0.2, 0) is 21.5 Å². The summed E-state index contributed by atoms with van der Waals surface area (Å²) in [7, 11) is 0. The van der Waals surface area contributed by atoms with Crippen LogP contribution in [0, 0.1) is 0 Å². The number of fused-ring (bicyclic) bond motifs is 1. The Labute approximate surface area is 130 Å². The van der Waals surface area contributed by atoms with Gasteiger partial charge in [-0.05, 0) is 29.0 Å². The van der Waals surface area contributed by atoms with E-state index in [-0.39, 0.29) is 29.3 Å². The number of amides is 1. The van der Waals surface area contributed by atoms with E-state index in [0.29, 0.717) is 24.9 Å². The quantitative estimate of drug-likeness (QED) is 0.749. The fourth-order valence-corrected chi connectivity index (χ4v) is 3.23. The predicted octanol–water partition coefficient (Wildman–Crippen LogP) is 2.63. The van der Waals surface area contributed by atoms with E-state index in [2.05, 4.69) is 26.8 Å². The lowest BCUT2D eigenvalue weighted by Crippen LogP contribution is -2.44. The average molecular weight is 299 g/mol. The SMILES string of the molecule is CC(C)(C)c1ccc2c(c1)C(=O)N(C1CCC(=O)CC1=O)C2. The Morgan fingerprint density at radius 3 is 2.50 bits per heavy atom. The Morgan fingerprint density at radius 2 is 1.86 bits per heavy atom. The number of carbonyl (C=O) groups is 3. The zero-order valence-electron chi connectivity index (χ0n) is 13.3. The molecule has 0 bridgehead atoms. The molecular weight excluding hydrogens is 278 g/mol. The number of rotatable bonds is 1. The first-order valence-corrected chi connectivity index (χ1v) is 7.76. The Balaban J connectivity index is 1.88. The standard InChI is InChI=1S/C18H21NO3/c1-18(2,3)12-5-4-11-10-19(17(22)14(11)8-12)15-7-6-13(20)9-16(15)21/h4-5,8,15H,6-7,9-10H2,1-3H3. The van der Waals surface area contributed by atoms with Crippen molar-refractivity contribution in [2.45, 2.75) is 58.0 Å². The minimum Gasteiger partial charge on any atom is -0.324 e. The van der Waals surface area contributed by atoms with Gasteiger partial charge in [-0.2, -0.15) is 0 Å². The maximum absolute atomic E-state index is 12.7. The molecule has 1 unspecified atom stereocenters. The van der Waals surface area contributed by atoms with Gasteiger partial charge >= 0.3 is 0 Å². The number of ketones is 2. The molecule has 0 aromatic heterocycles. The number of carbonyl (C=O) groups excluding carboxylic acids is 3. The molecule has 1 atom stereocenters. The first kappa shape index (κ1) is 14.9. The highest BCUT2D eigenvalue weighted by Crippen LogP contribution is 2.32. The number of benzene rings is 1. The third-order valence-corrected chi connectivity index (χ3v) is 4.62. The van der Waals surface area contributed by atoms with Gasteiger partial charge in [-0.15, -0.1) is 0 Å². The molecule has 4 nitrogen and oxygen atoms in total. The van der Waals surface area contributed by atoms with Crippen molar-refractivity contribution in [3.05, 3.63) is 34.9 Å². The van der Waals surface area contributed by atoms with Crippen molar-refractivity contribution in [1.82, 2.24) is 4.90 Å². The Morgan fingerprint density at radius 1 is 1.14 bits per heavy atom. The van der Waals surface area contributed by atoms with Gasteiger partial charge in [-0.3, -0.25) is 14.4 Å². The van der Waals surface area contributed by atoms with Crippen LogP contribution in [0.4, 0.5) is 0 Å². The van der Waals surface area contributed by atoms with Crippen molar-refractivity contribution in [1.29, 1.82) is 0 Å². The molecule has 1 fully saturated rings. The summed E-state index contributed by atoms with van der Waals surface area (Å²) in [5.74, 6) is -0.206. The molecule has 1 aliphatic carbocycles. The lowest BCUT2D eigenvalue weighted by molar-refractivity contribution is -0.133. The smallest absolute Gasteiger partial charge is 0.255 e. The molecule has 0 saturated heterocycles. The molecule has 116 valence electrons. The molecule has 22 heavy (non-hydrogen) atoms. The van der Waals surface area contributed by atoms with E-state index >= 15 is 0 Å². The highest BCUT2D eigenvalue weighted by atomic mass is 16.2. The van der Waals surface area contributed by atoms with Gasteiger partial charge in [0.05, 0.1) is 12.5 Å². The minimum absolute atomic E-state index is 0.0135. The van der Waals surface area contributed by atoms with Gasteiger partial charge in [-0.25, -0.2) is 0 Å². The number of hydrogen-bond acceptors (Lipinski definition) is 3. The molecule has 1 aromatic carbocycles. The molecular formula is C18H21NO3. The van der Waals surface area contributed by atoms with Crippen LogP contribution in [0.15, 0.2) is 18.2 Å². The van der Waals surface area contributed by atoms with Gasteiger partial charge in [0, 0.05) is 18.5 Å². The van der Waals surface area contributed by atoms with Crippen LogP contribution in [0.3, 0.4) is 0 Å². The van der Waals surface area contributed by atoms with E-state index in [1.54, 1.807) is 4.90 Å². The number of hydrogen-bond donors (Lipinski definition) is 0. The zero-order valence-corrected chi connectivity index (χ0v) is 13.3. The second-order valence-corrected chi connectivity index (χ2v) is 7.29. The molecule has 4 heteroatoms. The summed E-state index contributed by atoms with van der Waals surface area (Å²) >= 11 is 0. The third kappa shape index (κ3) is 2.47. The number of nitrogens with zero attached hydrogens (tertiary/aromatic N) is 1. The summed E-state index contributed by atoms with van der Waals surface area (Å²) in [6.45, 7) is 6.82. The van der Waals surface area contributed by atoms with E-state index in [0.717, 1.165) is 11.1 Å². The summed E-state index contributed by atoms with van der Waals surface area (Å²) in [4.78, 5) is 37.8. The van der Waals surface area contributed by atoms with Crippen LogP contribution in [0.1, 0.15) is 61.5 Å². The first-order valence-electron chi connectivity index (χ1n) is 7.76. The molecule has 0 spiro atoms. The van der Waals surface area contributed by atoms with Crippen LogP contribution in [0.2, 0.25) is 0 Å². The van der Waals surface area contributed by atoms with Crippen molar-refractivity contribution in [2.24, 2.45) is 0 Å². The summed E-state index contributed by atoms with van der Waals surface area (Å²) < 4.78 is 0. The zero-order chi connectivity index (χ0) is 16.1. The molecule has 0 N–H and O–H groups in total. The van der Waals surface area contributed by atoms with Crippen molar-refractivity contribution in [3.8, 4) is 0 Å². The normalized spacial score (nSPS) is 22.2. The van der Waals surface area contributed by atoms with E-state index < -0.39 is 6.04 Å². The van der Waals surface area contributed by atoms with Gasteiger partial charge in [0.15, 0.2) is 5.78 Å². The summed E-state index contributed by atoms with van der Waals surface area (Å²) in [5, 5.41) is 0. The first-order chi connectivity index (χ1) is 10.3. The van der Waals surface area contributed by atoms with E-state index in [9.17, 15) is 14.4 Å². The lowest BCUT2D eigenvalue weighted by Gasteiger charge is -2.29. The van der Waals surface area contributed by atoms with Crippen molar-refractivity contribution in [2.75, 3.05) is 0 Å². The maximum atomic E-state index is 12.7. The lowest BCUT2D eigenvalue weighted by atomic mass is 9.85. The summed E-state index contributed by atoms with van der Waals surface area (Å²) in [6.07, 6.45) is 0.825. The fraction of sp³-hybridized carbons (Fsp3) is 0.500. The summed E-state index contributed by atoms with van der Waals surface area (Å²) in [5.41, 5.74) is 2.78. The van der Waals surface area contributed by atoms with Crippen molar-refractivity contribution < 1.29 is 14.4 Å². The molecule has 1 heterocycles. The Hall–Kier alpha value is -1.97. The average Bonchev–Trinajstić information content (AvgIpc) is 2.75. The monoisotopic (exact) mass is 299 g/mol. The third-order valence-electron chi connectivity index (χ3n) is 4.62. The topological polar surface area (TPSA) is 54.5 Å². The Bertz CT molecular complexity index is 669. The van der Waals surface area contributed by atoms with Gasteiger partial charge in [0.25, 0.3) is 5.91 Å². The van der Waals surface area contributed by atoms with Crippen molar-refractivity contribution in [3.63, 3.8) is 0 Å². The second kappa shape index (κ2) is 5.04. The molecule has 1 aromatic rings. The van der Waals surface area contributed by atoms with Gasteiger partial charge < -0.3 is 4.90 Å². The minimum atomic E-state index is -0.435. The van der Waals surface area contributed by atoms with Crippen LogP contribution in [-0.4, -0.2) is 28.4 Å². The highest BCUT2D eigenvalue weighted by molar-refractivity contribution is 6.07. The second-order valence-electron chi connectivity index (χ2n) is 7.29. The van der Waals surface area contributed by atoms with E-state index in [4.69, 9.17) is 0 Å². The molecule has 1 aliphatic heterocycles. The summed E-state index contributed by atoms with van der Waals surface area (Å²) in [6, 6.07) is 5.57. The fourth-order valence-electron chi connectivity index (χ4n) is 3.23. The molecule has 1 amide bonds. The predicted molar refractivity (Wildman–Crippen MR) is 82.7 cm³/mol. The van der Waals surface area contributed by atoms with Gasteiger partial charge in [-0.1, -0.05) is 32.9 Å². The molecule has 0 radical (unpaired) electrons. The van der Waals surface area contributed by atoms with Crippen molar-refractivity contribution >= 4 is 17.5 Å². The molecule has 3 rings (SSSR count). The van der Waals surface area contributed by atoms with Gasteiger partial charge in [0.1, 0.15) is 5.78 Å². The number of Topliss-reactive ketones (excluding diaryl/α,β-unsaturated/α-hetero) is 2. The van der Waals surface area contributed by atoms with Crippen LogP contribution in [0.5, 0.6) is 0 Å². The largest absolute Gasteiger partial charge is 0.324 e.